The maximum atomic E-state index is 4.21. The summed E-state index contributed by atoms with van der Waals surface area (Å²) in [6, 6.07) is 0.758. The molecule has 4 bridgehead atoms. The van der Waals surface area contributed by atoms with Crippen LogP contribution in [-0.2, 0) is 0 Å². The molecule has 4 aliphatic carbocycles. The van der Waals surface area contributed by atoms with E-state index in [0.717, 1.165) is 35.6 Å². The van der Waals surface area contributed by atoms with E-state index >= 15 is 0 Å². The third-order valence-electron chi connectivity index (χ3n) is 6.43. The molecule has 0 spiro atoms. The molecule has 18 heavy (non-hydrogen) atoms. The third-order valence-corrected chi connectivity index (χ3v) is 6.43. The van der Waals surface area contributed by atoms with Crippen molar-refractivity contribution in [2.24, 2.45) is 29.6 Å². The molecule has 0 aromatic carbocycles. The van der Waals surface area contributed by atoms with Crippen molar-refractivity contribution in [1.29, 1.82) is 0 Å². The van der Waals surface area contributed by atoms with E-state index in [1.807, 2.05) is 0 Å². The van der Waals surface area contributed by atoms with E-state index in [1.54, 1.807) is 32.1 Å². The fourth-order valence-electron chi connectivity index (χ4n) is 5.89. The van der Waals surface area contributed by atoms with Crippen molar-refractivity contribution in [2.75, 3.05) is 6.54 Å². The summed E-state index contributed by atoms with van der Waals surface area (Å²) in [4.78, 5) is 0. The van der Waals surface area contributed by atoms with Crippen molar-refractivity contribution in [3.05, 3.63) is 12.2 Å². The van der Waals surface area contributed by atoms with Crippen LogP contribution >= 0.6 is 0 Å². The molecule has 1 heteroatoms. The third kappa shape index (κ3) is 1.95. The van der Waals surface area contributed by atoms with Gasteiger partial charge in [0.2, 0.25) is 0 Å². The van der Waals surface area contributed by atoms with Gasteiger partial charge in [0.15, 0.2) is 0 Å². The topological polar surface area (TPSA) is 12.0 Å². The van der Waals surface area contributed by atoms with Gasteiger partial charge in [-0.15, -0.1) is 0 Å². The minimum Gasteiger partial charge on any atom is -0.313 e. The summed E-state index contributed by atoms with van der Waals surface area (Å²) in [5.74, 6) is 5.49. The standard InChI is InChI=1S/C17H27N/c1-11-2-3-18-16(4-11)10-17-14-6-12-5-13(8-14)9-15(17)7-12/h12-18H,1-10H2. The average molecular weight is 245 g/mol. The molecule has 0 aromatic heterocycles. The van der Waals surface area contributed by atoms with Gasteiger partial charge in [-0.05, 0) is 87.5 Å². The molecular formula is C17H27N. The van der Waals surface area contributed by atoms with Crippen LogP contribution in [0.25, 0.3) is 0 Å². The van der Waals surface area contributed by atoms with Gasteiger partial charge in [0.1, 0.15) is 0 Å². The van der Waals surface area contributed by atoms with Crippen molar-refractivity contribution < 1.29 is 0 Å². The highest BCUT2D eigenvalue weighted by atomic mass is 14.9. The molecule has 1 atom stereocenters. The molecule has 5 rings (SSSR count). The molecule has 1 aliphatic heterocycles. The molecule has 0 radical (unpaired) electrons. The van der Waals surface area contributed by atoms with Gasteiger partial charge in [0.05, 0.1) is 0 Å². The molecule has 100 valence electrons. The van der Waals surface area contributed by atoms with Gasteiger partial charge in [0, 0.05) is 6.04 Å². The van der Waals surface area contributed by atoms with Crippen LogP contribution in [0, 0.1) is 29.6 Å². The van der Waals surface area contributed by atoms with Gasteiger partial charge in [-0.25, -0.2) is 0 Å². The lowest BCUT2D eigenvalue weighted by Crippen LogP contribution is -2.48. The van der Waals surface area contributed by atoms with E-state index in [4.69, 9.17) is 0 Å². The van der Waals surface area contributed by atoms with E-state index in [2.05, 4.69) is 11.9 Å². The number of hydrogen-bond donors (Lipinski definition) is 1. The van der Waals surface area contributed by atoms with Crippen molar-refractivity contribution in [3.63, 3.8) is 0 Å². The van der Waals surface area contributed by atoms with Crippen molar-refractivity contribution >= 4 is 0 Å². The lowest BCUT2D eigenvalue weighted by molar-refractivity contribution is -0.0435. The quantitative estimate of drug-likeness (QED) is 0.731. The molecule has 1 saturated heterocycles. The van der Waals surface area contributed by atoms with Gasteiger partial charge in [-0.3, -0.25) is 0 Å². The van der Waals surface area contributed by atoms with Gasteiger partial charge in [-0.2, -0.15) is 0 Å². The SMILES string of the molecule is C=C1CCNC(CC2C3CC4CC(C3)CC2C4)C1. The molecule has 4 saturated carbocycles. The first-order valence-corrected chi connectivity index (χ1v) is 8.18. The molecule has 0 amide bonds. The van der Waals surface area contributed by atoms with Crippen LogP contribution in [0.15, 0.2) is 12.2 Å². The zero-order valence-corrected chi connectivity index (χ0v) is 11.5. The summed E-state index contributed by atoms with van der Waals surface area (Å²) in [7, 11) is 0. The zero-order chi connectivity index (χ0) is 12.1. The molecule has 1 N–H and O–H groups in total. The first kappa shape index (κ1) is 11.5. The lowest BCUT2D eigenvalue weighted by Gasteiger charge is -2.55. The minimum absolute atomic E-state index is 0.758. The maximum absolute atomic E-state index is 4.21. The molecular weight excluding hydrogens is 218 g/mol. The van der Waals surface area contributed by atoms with Gasteiger partial charge < -0.3 is 5.32 Å². The second-order valence-corrected chi connectivity index (χ2v) is 7.69. The summed E-state index contributed by atoms with van der Waals surface area (Å²) in [6.07, 6.45) is 11.8. The van der Waals surface area contributed by atoms with Crippen LogP contribution in [0.5, 0.6) is 0 Å². The zero-order valence-electron chi connectivity index (χ0n) is 11.5. The summed E-state index contributed by atoms with van der Waals surface area (Å²) in [5, 5.41) is 3.75. The highest BCUT2D eigenvalue weighted by Gasteiger charge is 2.48. The molecule has 1 unspecified atom stereocenters. The Labute approximate surface area is 111 Å². The normalized spacial score (nSPS) is 50.8. The number of hydrogen-bond acceptors (Lipinski definition) is 1. The highest BCUT2D eigenvalue weighted by Crippen LogP contribution is 2.57. The Kier molecular flexibility index (Phi) is 2.80. The second kappa shape index (κ2) is 4.37. The number of piperidine rings is 1. The monoisotopic (exact) mass is 245 g/mol. The fourth-order valence-corrected chi connectivity index (χ4v) is 5.89. The van der Waals surface area contributed by atoms with E-state index in [0.29, 0.717) is 0 Å². The second-order valence-electron chi connectivity index (χ2n) is 7.69. The Morgan fingerprint density at radius 2 is 1.67 bits per heavy atom. The minimum atomic E-state index is 0.758. The smallest absolute Gasteiger partial charge is 0.0107 e. The van der Waals surface area contributed by atoms with E-state index in [1.165, 1.54) is 31.4 Å². The number of rotatable bonds is 2. The van der Waals surface area contributed by atoms with Crippen LogP contribution in [0.3, 0.4) is 0 Å². The summed E-state index contributed by atoms with van der Waals surface area (Å²) >= 11 is 0. The van der Waals surface area contributed by atoms with Crippen molar-refractivity contribution in [3.8, 4) is 0 Å². The van der Waals surface area contributed by atoms with Crippen LogP contribution in [0.2, 0.25) is 0 Å². The largest absolute Gasteiger partial charge is 0.313 e. The molecule has 5 fully saturated rings. The molecule has 0 aromatic rings. The van der Waals surface area contributed by atoms with E-state index < -0.39 is 0 Å². The van der Waals surface area contributed by atoms with Crippen molar-refractivity contribution in [1.82, 2.24) is 5.32 Å². The molecule has 1 heterocycles. The van der Waals surface area contributed by atoms with Gasteiger partial charge >= 0.3 is 0 Å². The Balaban J connectivity index is 1.44. The Hall–Kier alpha value is -0.300. The first-order valence-electron chi connectivity index (χ1n) is 8.18. The van der Waals surface area contributed by atoms with Crippen LogP contribution < -0.4 is 5.32 Å². The first-order chi connectivity index (χ1) is 8.78. The van der Waals surface area contributed by atoms with Crippen LogP contribution in [0.1, 0.15) is 51.4 Å². The predicted octanol–water partition coefficient (Wildman–Crippen LogP) is 3.76. The average Bonchev–Trinajstić information content (AvgIpc) is 2.33. The summed E-state index contributed by atoms with van der Waals surface area (Å²) in [5.41, 5.74) is 1.49. The maximum Gasteiger partial charge on any atom is 0.0107 e. The van der Waals surface area contributed by atoms with Crippen LogP contribution in [-0.4, -0.2) is 12.6 Å². The summed E-state index contributed by atoms with van der Waals surface area (Å²) in [6.45, 7) is 5.39. The summed E-state index contributed by atoms with van der Waals surface area (Å²) < 4.78 is 0. The van der Waals surface area contributed by atoms with E-state index in [9.17, 15) is 0 Å². The lowest BCUT2D eigenvalue weighted by atomic mass is 9.51. The Bertz CT molecular complexity index is 318. The molecule has 1 nitrogen and oxygen atoms in total. The Morgan fingerprint density at radius 1 is 1.00 bits per heavy atom. The Morgan fingerprint density at radius 3 is 2.28 bits per heavy atom. The van der Waals surface area contributed by atoms with Crippen LogP contribution in [0.4, 0.5) is 0 Å². The van der Waals surface area contributed by atoms with Gasteiger partial charge in [-0.1, -0.05) is 12.2 Å². The predicted molar refractivity (Wildman–Crippen MR) is 75.3 cm³/mol. The number of nitrogens with one attached hydrogen (secondary N) is 1. The van der Waals surface area contributed by atoms with Crippen molar-refractivity contribution in [2.45, 2.75) is 57.4 Å². The van der Waals surface area contributed by atoms with Gasteiger partial charge in [0.25, 0.3) is 0 Å². The van der Waals surface area contributed by atoms with E-state index in [-0.39, 0.29) is 0 Å². The fraction of sp³-hybridized carbons (Fsp3) is 0.882. The molecule has 5 aliphatic rings. The highest BCUT2D eigenvalue weighted by molar-refractivity contribution is 5.05.